The summed E-state index contributed by atoms with van der Waals surface area (Å²) in [4.78, 5) is 10.6. The van der Waals surface area contributed by atoms with Crippen molar-refractivity contribution in [2.24, 2.45) is 4.99 Å². The Labute approximate surface area is 153 Å². The number of fused-ring (bicyclic) bond motifs is 1. The first-order chi connectivity index (χ1) is 12.2. The lowest BCUT2D eigenvalue weighted by Crippen LogP contribution is -2.38. The standard InChI is InChI=1S/C17H27N7S/c1-4-18-17(19-9-8-16-21-12(2)13(3)25-16)20-11-15-23-22-14-7-5-6-10-24(14)15/h4-11H2,1-3H3,(H2,18,19,20). The van der Waals surface area contributed by atoms with Crippen LogP contribution in [0.1, 0.15) is 47.0 Å². The fourth-order valence-corrected chi connectivity index (χ4v) is 3.84. The van der Waals surface area contributed by atoms with E-state index in [1.807, 2.05) is 0 Å². The molecule has 0 spiro atoms. The maximum absolute atomic E-state index is 4.67. The molecule has 3 rings (SSSR count). The van der Waals surface area contributed by atoms with E-state index in [-0.39, 0.29) is 0 Å². The van der Waals surface area contributed by atoms with Gasteiger partial charge in [0, 0.05) is 37.4 Å². The lowest BCUT2D eigenvalue weighted by atomic mass is 10.2. The highest BCUT2D eigenvalue weighted by Crippen LogP contribution is 2.16. The second-order valence-electron chi connectivity index (χ2n) is 6.26. The Morgan fingerprint density at radius 3 is 2.88 bits per heavy atom. The zero-order valence-corrected chi connectivity index (χ0v) is 16.1. The molecule has 0 bridgehead atoms. The van der Waals surface area contributed by atoms with Gasteiger partial charge < -0.3 is 15.2 Å². The number of aromatic nitrogens is 4. The van der Waals surface area contributed by atoms with Crippen molar-refractivity contribution in [2.45, 2.75) is 59.5 Å². The molecule has 0 unspecified atom stereocenters. The van der Waals surface area contributed by atoms with E-state index in [1.54, 1.807) is 11.3 Å². The van der Waals surface area contributed by atoms with Crippen molar-refractivity contribution in [3.05, 3.63) is 27.2 Å². The third-order valence-corrected chi connectivity index (χ3v) is 5.50. The lowest BCUT2D eigenvalue weighted by molar-refractivity contribution is 0.508. The Hall–Kier alpha value is -1.96. The van der Waals surface area contributed by atoms with Gasteiger partial charge in [0.25, 0.3) is 0 Å². The Morgan fingerprint density at radius 2 is 2.12 bits per heavy atom. The molecule has 8 heteroatoms. The van der Waals surface area contributed by atoms with Crippen LogP contribution in [0.25, 0.3) is 0 Å². The molecule has 1 aliphatic rings. The summed E-state index contributed by atoms with van der Waals surface area (Å²) in [6.07, 6.45) is 4.35. The summed E-state index contributed by atoms with van der Waals surface area (Å²) in [5.74, 6) is 2.88. The zero-order valence-electron chi connectivity index (χ0n) is 15.3. The molecule has 0 fully saturated rings. The number of rotatable bonds is 6. The van der Waals surface area contributed by atoms with Gasteiger partial charge in [0.1, 0.15) is 12.4 Å². The van der Waals surface area contributed by atoms with E-state index in [0.29, 0.717) is 6.54 Å². The van der Waals surface area contributed by atoms with Gasteiger partial charge in [-0.2, -0.15) is 0 Å². The first-order valence-electron chi connectivity index (χ1n) is 9.03. The fraction of sp³-hybridized carbons (Fsp3) is 0.647. The number of aliphatic imine (C=N–C) groups is 1. The summed E-state index contributed by atoms with van der Waals surface area (Å²) in [6.45, 7) is 9.47. The monoisotopic (exact) mass is 361 g/mol. The maximum atomic E-state index is 4.67. The number of thiazole rings is 1. The molecule has 0 atom stereocenters. The smallest absolute Gasteiger partial charge is 0.191 e. The van der Waals surface area contributed by atoms with Crippen LogP contribution in [0.3, 0.4) is 0 Å². The molecule has 0 saturated carbocycles. The van der Waals surface area contributed by atoms with Gasteiger partial charge in [-0.3, -0.25) is 0 Å². The molecule has 0 amide bonds. The zero-order chi connectivity index (χ0) is 17.6. The van der Waals surface area contributed by atoms with Crippen LogP contribution in [-0.4, -0.2) is 38.8 Å². The highest BCUT2D eigenvalue weighted by Gasteiger charge is 2.15. The first-order valence-corrected chi connectivity index (χ1v) is 9.85. The molecule has 1 aliphatic heterocycles. The van der Waals surface area contributed by atoms with Gasteiger partial charge in [-0.15, -0.1) is 21.5 Å². The minimum absolute atomic E-state index is 0.553. The Bertz CT molecular complexity index is 712. The van der Waals surface area contributed by atoms with Crippen molar-refractivity contribution in [3.63, 3.8) is 0 Å². The third kappa shape index (κ3) is 4.56. The number of hydrogen-bond acceptors (Lipinski definition) is 5. The normalized spacial score (nSPS) is 14.4. The third-order valence-electron chi connectivity index (χ3n) is 4.36. The van der Waals surface area contributed by atoms with Crippen LogP contribution in [0.2, 0.25) is 0 Å². The predicted molar refractivity (Wildman–Crippen MR) is 101 cm³/mol. The Morgan fingerprint density at radius 1 is 1.24 bits per heavy atom. The van der Waals surface area contributed by atoms with E-state index >= 15 is 0 Å². The molecule has 3 heterocycles. The van der Waals surface area contributed by atoms with Gasteiger partial charge in [0.15, 0.2) is 11.8 Å². The van der Waals surface area contributed by atoms with E-state index < -0.39 is 0 Å². The molecule has 2 aromatic heterocycles. The molecule has 0 aliphatic carbocycles. The van der Waals surface area contributed by atoms with Crippen LogP contribution in [0, 0.1) is 13.8 Å². The van der Waals surface area contributed by atoms with E-state index in [0.717, 1.165) is 55.8 Å². The van der Waals surface area contributed by atoms with Crippen molar-refractivity contribution in [2.75, 3.05) is 13.1 Å². The minimum atomic E-state index is 0.553. The van der Waals surface area contributed by atoms with Crippen LogP contribution >= 0.6 is 11.3 Å². The number of hydrogen-bond donors (Lipinski definition) is 2. The predicted octanol–water partition coefficient (Wildman–Crippen LogP) is 1.99. The average molecular weight is 362 g/mol. The number of nitrogens with one attached hydrogen (secondary N) is 2. The van der Waals surface area contributed by atoms with Crippen LogP contribution < -0.4 is 10.6 Å². The second kappa shape index (κ2) is 8.42. The van der Waals surface area contributed by atoms with E-state index in [9.17, 15) is 0 Å². The molecule has 7 nitrogen and oxygen atoms in total. The van der Waals surface area contributed by atoms with Crippen molar-refractivity contribution in [3.8, 4) is 0 Å². The second-order valence-corrected chi connectivity index (χ2v) is 7.55. The number of nitrogens with zero attached hydrogens (tertiary/aromatic N) is 5. The van der Waals surface area contributed by atoms with Crippen LogP contribution in [0.4, 0.5) is 0 Å². The van der Waals surface area contributed by atoms with Crippen molar-refractivity contribution in [1.82, 2.24) is 30.4 Å². The fourth-order valence-electron chi connectivity index (χ4n) is 2.91. The Kier molecular flexibility index (Phi) is 6.01. The Balaban J connectivity index is 1.56. The van der Waals surface area contributed by atoms with Gasteiger partial charge in [-0.25, -0.2) is 9.98 Å². The summed E-state index contributed by atoms with van der Waals surface area (Å²) in [6, 6.07) is 0. The maximum Gasteiger partial charge on any atom is 0.191 e. The summed E-state index contributed by atoms with van der Waals surface area (Å²) >= 11 is 1.77. The van der Waals surface area contributed by atoms with Crippen LogP contribution in [0.15, 0.2) is 4.99 Å². The average Bonchev–Trinajstić information content (AvgIpc) is 3.16. The van der Waals surface area contributed by atoms with Gasteiger partial charge in [-0.1, -0.05) is 0 Å². The van der Waals surface area contributed by atoms with Gasteiger partial charge >= 0.3 is 0 Å². The lowest BCUT2D eigenvalue weighted by Gasteiger charge is -2.14. The van der Waals surface area contributed by atoms with Crippen molar-refractivity contribution in [1.29, 1.82) is 0 Å². The van der Waals surface area contributed by atoms with E-state index in [1.165, 1.54) is 22.7 Å². The first kappa shape index (κ1) is 17.8. The molecule has 2 aromatic rings. The topological polar surface area (TPSA) is 80.0 Å². The summed E-state index contributed by atoms with van der Waals surface area (Å²) in [5, 5.41) is 16.5. The van der Waals surface area contributed by atoms with Crippen LogP contribution in [-0.2, 0) is 25.9 Å². The SMILES string of the molecule is CCNC(=NCc1nnc2n1CCCC2)NCCc1nc(C)c(C)s1. The van der Waals surface area contributed by atoms with Gasteiger partial charge in [0.2, 0.25) is 0 Å². The quantitative estimate of drug-likeness (QED) is 0.607. The summed E-state index contributed by atoms with van der Waals surface area (Å²) < 4.78 is 2.22. The molecule has 0 aromatic carbocycles. The molecular formula is C17H27N7S. The molecule has 136 valence electrons. The molecular weight excluding hydrogens is 334 g/mol. The highest BCUT2D eigenvalue weighted by molar-refractivity contribution is 7.11. The van der Waals surface area contributed by atoms with E-state index in [2.05, 4.69) is 56.1 Å². The minimum Gasteiger partial charge on any atom is -0.357 e. The highest BCUT2D eigenvalue weighted by atomic mass is 32.1. The van der Waals surface area contributed by atoms with E-state index in [4.69, 9.17) is 0 Å². The molecule has 25 heavy (non-hydrogen) atoms. The molecule has 0 radical (unpaired) electrons. The summed E-state index contributed by atoms with van der Waals surface area (Å²) in [5.41, 5.74) is 1.14. The van der Waals surface area contributed by atoms with Crippen molar-refractivity contribution >= 4 is 17.3 Å². The van der Waals surface area contributed by atoms with Crippen LogP contribution in [0.5, 0.6) is 0 Å². The van der Waals surface area contributed by atoms with Gasteiger partial charge in [-0.05, 0) is 33.6 Å². The largest absolute Gasteiger partial charge is 0.357 e. The number of aryl methyl sites for hydroxylation is 3. The van der Waals surface area contributed by atoms with Gasteiger partial charge in [0.05, 0.1) is 10.7 Å². The number of guanidine groups is 1. The molecule has 2 N–H and O–H groups in total. The van der Waals surface area contributed by atoms with Crippen molar-refractivity contribution < 1.29 is 0 Å². The summed E-state index contributed by atoms with van der Waals surface area (Å²) in [7, 11) is 0. The molecule has 0 saturated heterocycles.